The van der Waals surface area contributed by atoms with Crippen LogP contribution >= 0.6 is 15.9 Å². The SMILES string of the molecule is CNCC1(C)CCCCN1C(=O)c1cc(Br)ccc1C. The average Bonchev–Trinajstić information content (AvgIpc) is 2.41. The summed E-state index contributed by atoms with van der Waals surface area (Å²) in [5.41, 5.74) is 1.76. The topological polar surface area (TPSA) is 32.3 Å². The van der Waals surface area contributed by atoms with E-state index in [-0.39, 0.29) is 11.4 Å². The Hall–Kier alpha value is -0.870. The number of piperidine rings is 1. The van der Waals surface area contributed by atoms with E-state index in [1.165, 1.54) is 6.42 Å². The molecule has 0 saturated carbocycles. The molecule has 110 valence electrons. The number of likely N-dealkylation sites (N-methyl/N-ethyl adjacent to an activating group) is 1. The minimum atomic E-state index is -0.0845. The van der Waals surface area contributed by atoms with Crippen LogP contribution in [-0.4, -0.2) is 36.5 Å². The third kappa shape index (κ3) is 3.07. The second-order valence-corrected chi connectivity index (χ2v) is 6.82. The highest BCUT2D eigenvalue weighted by Gasteiger charge is 2.37. The van der Waals surface area contributed by atoms with Gasteiger partial charge in [0.05, 0.1) is 5.54 Å². The minimum absolute atomic E-state index is 0.0845. The van der Waals surface area contributed by atoms with Crippen molar-refractivity contribution in [1.82, 2.24) is 10.2 Å². The molecule has 0 spiro atoms. The molecular weight excluding hydrogens is 316 g/mol. The number of likely N-dealkylation sites (tertiary alicyclic amines) is 1. The van der Waals surface area contributed by atoms with E-state index in [1.54, 1.807) is 0 Å². The molecule has 0 aromatic heterocycles. The van der Waals surface area contributed by atoms with E-state index >= 15 is 0 Å². The summed E-state index contributed by atoms with van der Waals surface area (Å²) in [5.74, 6) is 0.154. The van der Waals surface area contributed by atoms with Gasteiger partial charge in [-0.3, -0.25) is 4.79 Å². The Balaban J connectivity index is 2.32. The number of carbonyl (C=O) groups excluding carboxylic acids is 1. The molecule has 1 aliphatic rings. The number of amides is 1. The molecule has 0 bridgehead atoms. The van der Waals surface area contributed by atoms with Crippen molar-refractivity contribution in [3.63, 3.8) is 0 Å². The van der Waals surface area contributed by atoms with Crippen molar-refractivity contribution in [1.29, 1.82) is 0 Å². The highest BCUT2D eigenvalue weighted by atomic mass is 79.9. The van der Waals surface area contributed by atoms with Gasteiger partial charge in [0.25, 0.3) is 5.91 Å². The summed E-state index contributed by atoms with van der Waals surface area (Å²) in [5, 5.41) is 3.24. The lowest BCUT2D eigenvalue weighted by atomic mass is 9.87. The monoisotopic (exact) mass is 338 g/mol. The molecule has 1 heterocycles. The number of rotatable bonds is 3. The molecule has 20 heavy (non-hydrogen) atoms. The second kappa shape index (κ2) is 6.27. The Morgan fingerprint density at radius 2 is 2.20 bits per heavy atom. The van der Waals surface area contributed by atoms with E-state index in [1.807, 2.05) is 32.2 Å². The maximum atomic E-state index is 12.9. The van der Waals surface area contributed by atoms with E-state index in [0.717, 1.165) is 41.5 Å². The summed E-state index contributed by atoms with van der Waals surface area (Å²) in [7, 11) is 1.95. The first-order valence-corrected chi connectivity index (χ1v) is 8.00. The number of halogens is 1. The predicted octanol–water partition coefficient (Wildman–Crippen LogP) is 3.36. The number of carbonyl (C=O) groups is 1. The summed E-state index contributed by atoms with van der Waals surface area (Å²) in [6, 6.07) is 5.91. The van der Waals surface area contributed by atoms with Crippen molar-refractivity contribution in [3.05, 3.63) is 33.8 Å². The van der Waals surface area contributed by atoms with Crippen molar-refractivity contribution in [2.75, 3.05) is 20.1 Å². The fourth-order valence-corrected chi connectivity index (χ4v) is 3.42. The first kappa shape index (κ1) is 15.5. The Kier molecular flexibility index (Phi) is 4.86. The third-order valence-corrected chi connectivity index (χ3v) is 4.72. The minimum Gasteiger partial charge on any atom is -0.332 e. The summed E-state index contributed by atoms with van der Waals surface area (Å²) in [6.45, 7) is 5.88. The molecule has 1 fully saturated rings. The second-order valence-electron chi connectivity index (χ2n) is 5.90. The van der Waals surface area contributed by atoms with Gasteiger partial charge in [-0.05, 0) is 57.9 Å². The summed E-state index contributed by atoms with van der Waals surface area (Å²) >= 11 is 3.46. The molecule has 2 rings (SSSR count). The van der Waals surface area contributed by atoms with Crippen molar-refractivity contribution in [2.24, 2.45) is 0 Å². The van der Waals surface area contributed by atoms with E-state index < -0.39 is 0 Å². The first-order valence-electron chi connectivity index (χ1n) is 7.21. The molecule has 0 aliphatic carbocycles. The fourth-order valence-electron chi connectivity index (χ4n) is 3.06. The third-order valence-electron chi connectivity index (χ3n) is 4.23. The van der Waals surface area contributed by atoms with E-state index in [2.05, 4.69) is 33.1 Å². The quantitative estimate of drug-likeness (QED) is 0.916. The van der Waals surface area contributed by atoms with E-state index in [9.17, 15) is 4.79 Å². The van der Waals surface area contributed by atoms with Gasteiger partial charge < -0.3 is 10.2 Å². The van der Waals surface area contributed by atoms with Crippen LogP contribution in [0.15, 0.2) is 22.7 Å². The number of nitrogens with zero attached hydrogens (tertiary/aromatic N) is 1. The smallest absolute Gasteiger partial charge is 0.254 e. The van der Waals surface area contributed by atoms with Gasteiger partial charge in [0.15, 0.2) is 0 Å². The Morgan fingerprint density at radius 1 is 1.45 bits per heavy atom. The molecule has 1 aliphatic heterocycles. The van der Waals surface area contributed by atoms with Crippen molar-refractivity contribution in [2.45, 2.75) is 38.6 Å². The molecule has 1 unspecified atom stereocenters. The summed E-state index contributed by atoms with van der Waals surface area (Å²) in [4.78, 5) is 15.0. The van der Waals surface area contributed by atoms with Crippen LogP contribution in [0.25, 0.3) is 0 Å². The molecule has 1 saturated heterocycles. The molecule has 1 aromatic rings. The lowest BCUT2D eigenvalue weighted by molar-refractivity contribution is 0.0381. The van der Waals surface area contributed by atoms with Gasteiger partial charge in [-0.2, -0.15) is 0 Å². The average molecular weight is 339 g/mol. The van der Waals surface area contributed by atoms with Crippen LogP contribution in [0.1, 0.15) is 42.1 Å². The van der Waals surface area contributed by atoms with Crippen LogP contribution in [0.2, 0.25) is 0 Å². The fraction of sp³-hybridized carbons (Fsp3) is 0.562. The van der Waals surface area contributed by atoms with Crippen molar-refractivity contribution >= 4 is 21.8 Å². The molecule has 1 atom stereocenters. The van der Waals surface area contributed by atoms with Crippen LogP contribution < -0.4 is 5.32 Å². The van der Waals surface area contributed by atoms with Gasteiger partial charge >= 0.3 is 0 Å². The molecule has 1 N–H and O–H groups in total. The van der Waals surface area contributed by atoms with Gasteiger partial charge in [0.2, 0.25) is 0 Å². The van der Waals surface area contributed by atoms with Gasteiger partial charge in [-0.15, -0.1) is 0 Å². The summed E-state index contributed by atoms with van der Waals surface area (Å²) < 4.78 is 0.957. The standard InChI is InChI=1S/C16H23BrN2O/c1-12-6-7-13(17)10-14(12)15(20)19-9-5-4-8-16(19,2)11-18-3/h6-7,10,18H,4-5,8-9,11H2,1-3H3. The zero-order valence-electron chi connectivity index (χ0n) is 12.5. The van der Waals surface area contributed by atoms with Crippen molar-refractivity contribution in [3.8, 4) is 0 Å². The zero-order valence-corrected chi connectivity index (χ0v) is 14.1. The number of aryl methyl sites for hydroxylation is 1. The van der Waals surface area contributed by atoms with E-state index in [0.29, 0.717) is 0 Å². The Labute approximate surface area is 129 Å². The number of hydrogen-bond donors (Lipinski definition) is 1. The van der Waals surface area contributed by atoms with Crippen LogP contribution in [0, 0.1) is 6.92 Å². The molecule has 4 heteroatoms. The van der Waals surface area contributed by atoms with Crippen LogP contribution in [0.4, 0.5) is 0 Å². The molecule has 0 radical (unpaired) electrons. The lowest BCUT2D eigenvalue weighted by Crippen LogP contribution is -2.57. The zero-order chi connectivity index (χ0) is 14.8. The maximum Gasteiger partial charge on any atom is 0.254 e. The highest BCUT2D eigenvalue weighted by Crippen LogP contribution is 2.30. The molecular formula is C16H23BrN2O. The Bertz CT molecular complexity index is 499. The highest BCUT2D eigenvalue weighted by molar-refractivity contribution is 9.10. The van der Waals surface area contributed by atoms with Crippen LogP contribution in [0.3, 0.4) is 0 Å². The van der Waals surface area contributed by atoms with Crippen molar-refractivity contribution < 1.29 is 4.79 Å². The maximum absolute atomic E-state index is 12.9. The first-order chi connectivity index (χ1) is 9.48. The Morgan fingerprint density at radius 3 is 2.90 bits per heavy atom. The van der Waals surface area contributed by atoms with Gasteiger partial charge in [0.1, 0.15) is 0 Å². The van der Waals surface area contributed by atoms with Gasteiger partial charge in [-0.25, -0.2) is 0 Å². The predicted molar refractivity (Wildman–Crippen MR) is 86.1 cm³/mol. The van der Waals surface area contributed by atoms with Crippen LogP contribution in [0.5, 0.6) is 0 Å². The molecule has 3 nitrogen and oxygen atoms in total. The van der Waals surface area contributed by atoms with Gasteiger partial charge in [0, 0.05) is 23.1 Å². The van der Waals surface area contributed by atoms with Crippen LogP contribution in [-0.2, 0) is 0 Å². The number of hydrogen-bond acceptors (Lipinski definition) is 2. The number of nitrogens with one attached hydrogen (secondary N) is 1. The lowest BCUT2D eigenvalue weighted by Gasteiger charge is -2.45. The van der Waals surface area contributed by atoms with Gasteiger partial charge in [-0.1, -0.05) is 22.0 Å². The largest absolute Gasteiger partial charge is 0.332 e. The molecule has 1 aromatic carbocycles. The van der Waals surface area contributed by atoms with E-state index in [4.69, 9.17) is 0 Å². The molecule has 1 amide bonds. The normalized spacial score (nSPS) is 22.9. The summed E-state index contributed by atoms with van der Waals surface area (Å²) in [6.07, 6.45) is 3.35. The number of benzene rings is 1.